The second-order valence-corrected chi connectivity index (χ2v) is 5.48. The van der Waals surface area contributed by atoms with Crippen LogP contribution in [0.15, 0.2) is 23.4 Å². The minimum absolute atomic E-state index is 0.185. The van der Waals surface area contributed by atoms with Gasteiger partial charge in [-0.2, -0.15) is 22.7 Å². The smallest absolute Gasteiger partial charge is 0.274 e. The Balaban J connectivity index is 2.61. The Morgan fingerprint density at radius 3 is 2.56 bits per heavy atom. The molecule has 0 atom stereocenters. The fraction of sp³-hybridized carbons (Fsp3) is 0.333. The standard InChI is InChI=1S/C9H10F2N4O2S/c1-6-3-8(9(10)11)15(13-6)18(16,17)7-4-12-14(2)5-7/h3-5,9H,1-2H3. The third kappa shape index (κ3) is 2.01. The summed E-state index contributed by atoms with van der Waals surface area (Å²) in [6.45, 7) is 1.45. The summed E-state index contributed by atoms with van der Waals surface area (Å²) in [7, 11) is -2.60. The molecule has 0 spiro atoms. The Morgan fingerprint density at radius 1 is 1.39 bits per heavy atom. The number of aromatic nitrogens is 4. The predicted molar refractivity (Wildman–Crippen MR) is 57.7 cm³/mol. The van der Waals surface area contributed by atoms with Crippen LogP contribution in [0.3, 0.4) is 0 Å². The lowest BCUT2D eigenvalue weighted by atomic mass is 10.4. The molecule has 0 aliphatic carbocycles. The zero-order valence-electron chi connectivity index (χ0n) is 9.58. The van der Waals surface area contributed by atoms with Gasteiger partial charge in [0, 0.05) is 13.2 Å². The minimum Gasteiger partial charge on any atom is -0.274 e. The maximum absolute atomic E-state index is 12.7. The highest BCUT2D eigenvalue weighted by atomic mass is 32.2. The lowest BCUT2D eigenvalue weighted by Gasteiger charge is -2.05. The topological polar surface area (TPSA) is 69.8 Å². The normalized spacial score (nSPS) is 12.3. The molecule has 9 heteroatoms. The first-order valence-corrected chi connectivity index (χ1v) is 6.35. The van der Waals surface area contributed by atoms with Crippen molar-refractivity contribution in [1.29, 1.82) is 0 Å². The summed E-state index contributed by atoms with van der Waals surface area (Å²) in [5.41, 5.74) is -0.450. The molecule has 2 aromatic rings. The minimum atomic E-state index is -4.13. The van der Waals surface area contributed by atoms with E-state index in [1.807, 2.05) is 0 Å². The van der Waals surface area contributed by atoms with Crippen molar-refractivity contribution in [2.45, 2.75) is 18.2 Å². The number of halogens is 2. The first kappa shape index (κ1) is 12.7. The Hall–Kier alpha value is -1.77. The third-order valence-electron chi connectivity index (χ3n) is 2.26. The zero-order valence-corrected chi connectivity index (χ0v) is 10.4. The van der Waals surface area contributed by atoms with Crippen molar-refractivity contribution in [2.24, 2.45) is 7.05 Å². The summed E-state index contributed by atoms with van der Waals surface area (Å²) in [5.74, 6) is 0. The summed E-state index contributed by atoms with van der Waals surface area (Å²) in [4.78, 5) is -0.185. The Morgan fingerprint density at radius 2 is 2.06 bits per heavy atom. The van der Waals surface area contributed by atoms with Gasteiger partial charge >= 0.3 is 0 Å². The number of nitrogens with zero attached hydrogens (tertiary/aromatic N) is 4. The lowest BCUT2D eigenvalue weighted by Crippen LogP contribution is -2.17. The molecule has 0 aliphatic heterocycles. The Bertz CT molecular complexity index is 675. The van der Waals surface area contributed by atoms with Gasteiger partial charge in [-0.1, -0.05) is 0 Å². The highest BCUT2D eigenvalue weighted by molar-refractivity contribution is 7.89. The molecule has 2 rings (SSSR count). The Kier molecular flexibility index (Phi) is 2.93. The van der Waals surface area contributed by atoms with Crippen LogP contribution in [0.5, 0.6) is 0 Å². The van der Waals surface area contributed by atoms with Gasteiger partial charge in [-0.05, 0) is 13.0 Å². The van der Waals surface area contributed by atoms with Crippen molar-refractivity contribution >= 4 is 10.0 Å². The van der Waals surface area contributed by atoms with Gasteiger partial charge in [0.05, 0.1) is 11.9 Å². The van der Waals surface area contributed by atoms with Crippen LogP contribution >= 0.6 is 0 Å². The van der Waals surface area contributed by atoms with Crippen LogP contribution in [-0.4, -0.2) is 27.4 Å². The molecule has 0 aromatic carbocycles. The maximum Gasteiger partial charge on any atom is 0.286 e. The first-order valence-electron chi connectivity index (χ1n) is 4.91. The van der Waals surface area contributed by atoms with E-state index >= 15 is 0 Å². The van der Waals surface area contributed by atoms with Crippen molar-refractivity contribution in [2.75, 3.05) is 0 Å². The van der Waals surface area contributed by atoms with E-state index in [2.05, 4.69) is 10.2 Å². The molecular formula is C9H10F2N4O2S. The second kappa shape index (κ2) is 4.16. The molecule has 18 heavy (non-hydrogen) atoms. The van der Waals surface area contributed by atoms with Crippen LogP contribution in [0.4, 0.5) is 8.78 Å². The van der Waals surface area contributed by atoms with Gasteiger partial charge in [-0.15, -0.1) is 0 Å². The van der Waals surface area contributed by atoms with E-state index in [4.69, 9.17) is 0 Å². The molecular weight excluding hydrogens is 266 g/mol. The molecule has 0 bridgehead atoms. The molecule has 0 amide bonds. The number of hydrogen-bond acceptors (Lipinski definition) is 4. The van der Waals surface area contributed by atoms with Crippen LogP contribution in [0.2, 0.25) is 0 Å². The van der Waals surface area contributed by atoms with Crippen molar-refractivity contribution in [3.8, 4) is 0 Å². The van der Waals surface area contributed by atoms with Crippen LogP contribution in [0, 0.1) is 6.92 Å². The van der Waals surface area contributed by atoms with Gasteiger partial charge in [0.15, 0.2) is 0 Å². The van der Waals surface area contributed by atoms with Gasteiger partial charge in [0.25, 0.3) is 16.4 Å². The summed E-state index contributed by atoms with van der Waals surface area (Å²) in [6.07, 6.45) is -0.610. The van der Waals surface area contributed by atoms with Gasteiger partial charge < -0.3 is 0 Å². The molecule has 2 aromatic heterocycles. The lowest BCUT2D eigenvalue weighted by molar-refractivity contribution is 0.144. The van der Waals surface area contributed by atoms with Crippen molar-refractivity contribution in [1.82, 2.24) is 19.0 Å². The van der Waals surface area contributed by atoms with E-state index in [1.165, 1.54) is 24.9 Å². The molecule has 2 heterocycles. The average Bonchev–Trinajstić information content (AvgIpc) is 2.84. The van der Waals surface area contributed by atoms with Gasteiger partial charge in [0.1, 0.15) is 10.6 Å². The number of alkyl halides is 2. The van der Waals surface area contributed by atoms with Crippen LogP contribution in [0.25, 0.3) is 0 Å². The largest absolute Gasteiger partial charge is 0.286 e. The second-order valence-electron chi connectivity index (χ2n) is 3.71. The summed E-state index contributed by atoms with van der Waals surface area (Å²) in [5, 5.41) is 7.30. The van der Waals surface area contributed by atoms with E-state index in [9.17, 15) is 17.2 Å². The van der Waals surface area contributed by atoms with E-state index in [0.29, 0.717) is 4.09 Å². The summed E-state index contributed by atoms with van der Waals surface area (Å²) in [6, 6.07) is 1.04. The molecule has 0 saturated heterocycles. The van der Waals surface area contributed by atoms with E-state index < -0.39 is 22.1 Å². The van der Waals surface area contributed by atoms with Gasteiger partial charge in [-0.3, -0.25) is 4.68 Å². The predicted octanol–water partition coefficient (Wildman–Crippen LogP) is 1.10. The Labute approximate surface area is 102 Å². The molecule has 6 nitrogen and oxygen atoms in total. The summed E-state index contributed by atoms with van der Waals surface area (Å²) >= 11 is 0. The van der Waals surface area contributed by atoms with Gasteiger partial charge in [-0.25, -0.2) is 8.78 Å². The highest BCUT2D eigenvalue weighted by Gasteiger charge is 2.27. The monoisotopic (exact) mass is 276 g/mol. The van der Waals surface area contributed by atoms with E-state index in [1.54, 1.807) is 0 Å². The molecule has 98 valence electrons. The fourth-order valence-corrected chi connectivity index (χ4v) is 2.78. The number of aryl methyl sites for hydroxylation is 2. The quantitative estimate of drug-likeness (QED) is 0.841. The van der Waals surface area contributed by atoms with Crippen molar-refractivity contribution in [3.63, 3.8) is 0 Å². The van der Waals surface area contributed by atoms with E-state index in [-0.39, 0.29) is 10.6 Å². The molecule has 0 fully saturated rings. The SMILES string of the molecule is Cc1cc(C(F)F)n(S(=O)(=O)c2cnn(C)c2)n1. The molecule has 0 saturated carbocycles. The zero-order chi connectivity index (χ0) is 13.5. The highest BCUT2D eigenvalue weighted by Crippen LogP contribution is 2.23. The maximum atomic E-state index is 12.7. The third-order valence-corrected chi connectivity index (χ3v) is 3.81. The molecule has 0 aliphatic rings. The summed E-state index contributed by atoms with van der Waals surface area (Å²) < 4.78 is 51.3. The number of rotatable bonds is 3. The van der Waals surface area contributed by atoms with Crippen LogP contribution in [0.1, 0.15) is 17.8 Å². The van der Waals surface area contributed by atoms with Crippen molar-refractivity contribution in [3.05, 3.63) is 29.8 Å². The van der Waals surface area contributed by atoms with E-state index in [0.717, 1.165) is 12.3 Å². The molecule has 0 N–H and O–H groups in total. The van der Waals surface area contributed by atoms with Crippen LogP contribution in [-0.2, 0) is 17.1 Å². The molecule has 0 unspecified atom stereocenters. The molecule has 0 radical (unpaired) electrons. The first-order chi connectivity index (χ1) is 8.32. The fourth-order valence-electron chi connectivity index (χ4n) is 1.47. The number of hydrogen-bond donors (Lipinski definition) is 0. The van der Waals surface area contributed by atoms with Gasteiger partial charge in [0.2, 0.25) is 0 Å². The van der Waals surface area contributed by atoms with Crippen LogP contribution < -0.4 is 0 Å². The average molecular weight is 276 g/mol. The van der Waals surface area contributed by atoms with Crippen molar-refractivity contribution < 1.29 is 17.2 Å².